The predicted molar refractivity (Wildman–Crippen MR) is 108 cm³/mol. The molecule has 0 radical (unpaired) electrons. The first-order valence-electron chi connectivity index (χ1n) is 9.80. The van der Waals surface area contributed by atoms with E-state index < -0.39 is 15.8 Å². The van der Waals surface area contributed by atoms with Gasteiger partial charge in [-0.25, -0.2) is 17.1 Å². The maximum absolute atomic E-state index is 13.0. The average molecular weight is 425 g/mol. The predicted octanol–water partition coefficient (Wildman–Crippen LogP) is 1.92. The molecular weight excluding hydrogens is 395 g/mol. The van der Waals surface area contributed by atoms with Gasteiger partial charge in [-0.15, -0.1) is 0 Å². The maximum atomic E-state index is 13.0. The van der Waals surface area contributed by atoms with Gasteiger partial charge in [0, 0.05) is 46.2 Å². The first-order valence-corrected chi connectivity index (χ1v) is 11.2. The number of nitriles is 1. The molecule has 1 fully saturated rings. The second-order valence-corrected chi connectivity index (χ2v) is 9.66. The fraction of sp³-hybridized carbons (Fsp3) is 0.600. The van der Waals surface area contributed by atoms with Gasteiger partial charge in [0.05, 0.1) is 11.0 Å². The number of nitrogens with zero attached hydrogens (tertiary/aromatic N) is 4. The molecule has 1 saturated heterocycles. The number of amides is 1. The lowest BCUT2D eigenvalue weighted by Crippen LogP contribution is -2.52. The smallest absolute Gasteiger partial charge is 0.242 e. The van der Waals surface area contributed by atoms with E-state index in [1.54, 1.807) is 4.90 Å². The Hall–Kier alpha value is -2.02. The zero-order valence-electron chi connectivity index (χ0n) is 17.2. The first-order chi connectivity index (χ1) is 13.7. The van der Waals surface area contributed by atoms with E-state index in [-0.39, 0.29) is 35.7 Å². The third-order valence-electron chi connectivity index (χ3n) is 5.21. The monoisotopic (exact) mass is 424 g/mol. The summed E-state index contributed by atoms with van der Waals surface area (Å²) in [6.07, 6.45) is 0.665. The van der Waals surface area contributed by atoms with Crippen LogP contribution >= 0.6 is 0 Å². The number of benzene rings is 1. The highest BCUT2D eigenvalue weighted by Crippen LogP contribution is 2.16. The molecule has 1 aromatic carbocycles. The second kappa shape index (κ2) is 10.1. The highest BCUT2D eigenvalue weighted by molar-refractivity contribution is 7.89. The van der Waals surface area contributed by atoms with Gasteiger partial charge in [-0.05, 0) is 36.6 Å². The van der Waals surface area contributed by atoms with E-state index in [0.29, 0.717) is 32.6 Å². The molecule has 0 spiro atoms. The molecule has 1 unspecified atom stereocenters. The van der Waals surface area contributed by atoms with Crippen molar-refractivity contribution in [3.8, 4) is 6.07 Å². The molecule has 0 bridgehead atoms. The van der Waals surface area contributed by atoms with Crippen molar-refractivity contribution in [2.24, 2.45) is 5.92 Å². The van der Waals surface area contributed by atoms with Crippen LogP contribution in [0.4, 0.5) is 4.39 Å². The minimum Gasteiger partial charge on any atom is -0.340 e. The van der Waals surface area contributed by atoms with Crippen LogP contribution in [-0.4, -0.2) is 74.2 Å². The molecule has 1 atom stereocenters. The van der Waals surface area contributed by atoms with Gasteiger partial charge in [0.25, 0.3) is 0 Å². The minimum atomic E-state index is -3.70. The molecule has 1 heterocycles. The summed E-state index contributed by atoms with van der Waals surface area (Å²) in [5.41, 5.74) is 0. The van der Waals surface area contributed by atoms with E-state index in [2.05, 4.69) is 11.0 Å². The van der Waals surface area contributed by atoms with Crippen LogP contribution in [0.25, 0.3) is 0 Å². The number of hydrogen-bond donors (Lipinski definition) is 0. The maximum Gasteiger partial charge on any atom is 0.242 e. The van der Waals surface area contributed by atoms with Gasteiger partial charge in [0.1, 0.15) is 11.9 Å². The Morgan fingerprint density at radius 2 is 1.79 bits per heavy atom. The fourth-order valence-electron chi connectivity index (χ4n) is 3.42. The van der Waals surface area contributed by atoms with Crippen LogP contribution in [0.3, 0.4) is 0 Å². The van der Waals surface area contributed by atoms with Gasteiger partial charge in [-0.3, -0.25) is 9.69 Å². The van der Waals surface area contributed by atoms with Crippen molar-refractivity contribution in [2.45, 2.75) is 37.6 Å². The van der Waals surface area contributed by atoms with Crippen LogP contribution in [0, 0.1) is 23.1 Å². The minimum absolute atomic E-state index is 0.00437. The molecule has 29 heavy (non-hydrogen) atoms. The fourth-order valence-corrected chi connectivity index (χ4v) is 4.63. The highest BCUT2D eigenvalue weighted by atomic mass is 32.2. The number of hydrogen-bond acceptors (Lipinski definition) is 5. The SMILES string of the molecule is CC(C)C(C#N)N1CCN(C(=O)CCCN(C)S(=O)(=O)c2ccc(F)cc2)CC1. The van der Waals surface area contributed by atoms with Crippen LogP contribution in [-0.2, 0) is 14.8 Å². The van der Waals surface area contributed by atoms with Crippen LogP contribution in [0.5, 0.6) is 0 Å². The first kappa shape index (κ1) is 23.3. The third-order valence-corrected chi connectivity index (χ3v) is 7.08. The second-order valence-electron chi connectivity index (χ2n) is 7.62. The Labute approximate surface area is 172 Å². The molecule has 7 nitrogen and oxygen atoms in total. The molecule has 2 rings (SSSR count). The van der Waals surface area contributed by atoms with E-state index in [9.17, 15) is 22.9 Å². The van der Waals surface area contributed by atoms with Gasteiger partial charge in [-0.1, -0.05) is 13.8 Å². The zero-order chi connectivity index (χ0) is 21.6. The van der Waals surface area contributed by atoms with E-state index in [4.69, 9.17) is 0 Å². The number of piperazine rings is 1. The largest absolute Gasteiger partial charge is 0.340 e. The van der Waals surface area contributed by atoms with Gasteiger partial charge in [0.2, 0.25) is 15.9 Å². The van der Waals surface area contributed by atoms with Crippen LogP contribution in [0.2, 0.25) is 0 Å². The molecule has 1 aliphatic rings. The third kappa shape index (κ3) is 5.98. The molecule has 160 valence electrons. The number of rotatable bonds is 8. The summed E-state index contributed by atoms with van der Waals surface area (Å²) in [6, 6.07) is 6.88. The molecule has 0 aliphatic carbocycles. The standard InChI is InChI=1S/C20H29FN4O3S/c1-16(2)19(15-22)24-11-13-25(14-12-24)20(26)5-4-10-23(3)29(27,28)18-8-6-17(21)7-9-18/h6-9,16,19H,4-5,10-14H2,1-3H3. The average Bonchev–Trinajstić information content (AvgIpc) is 2.69. The summed E-state index contributed by atoms with van der Waals surface area (Å²) in [7, 11) is -2.25. The summed E-state index contributed by atoms with van der Waals surface area (Å²) < 4.78 is 39.1. The number of carbonyl (C=O) groups excluding carboxylic acids is 1. The number of carbonyl (C=O) groups is 1. The van der Waals surface area contributed by atoms with E-state index in [1.807, 2.05) is 13.8 Å². The normalized spacial score (nSPS) is 16.8. The summed E-state index contributed by atoms with van der Waals surface area (Å²) in [5.74, 6) is -0.261. The molecule has 9 heteroatoms. The van der Waals surface area contributed by atoms with Crippen molar-refractivity contribution in [2.75, 3.05) is 39.8 Å². The Morgan fingerprint density at radius 3 is 2.31 bits per heavy atom. The van der Waals surface area contributed by atoms with E-state index in [1.165, 1.54) is 23.5 Å². The topological polar surface area (TPSA) is 84.7 Å². The Balaban J connectivity index is 1.80. The van der Waals surface area contributed by atoms with E-state index >= 15 is 0 Å². The van der Waals surface area contributed by atoms with Crippen molar-refractivity contribution < 1.29 is 17.6 Å². The van der Waals surface area contributed by atoms with Crippen molar-refractivity contribution in [3.63, 3.8) is 0 Å². The summed E-state index contributed by atoms with van der Waals surface area (Å²) >= 11 is 0. The van der Waals surface area contributed by atoms with Gasteiger partial charge in [-0.2, -0.15) is 5.26 Å². The molecule has 1 aromatic rings. The Bertz CT molecular complexity index is 828. The molecular formula is C20H29FN4O3S. The molecule has 1 aliphatic heterocycles. The van der Waals surface area contributed by atoms with Crippen molar-refractivity contribution in [3.05, 3.63) is 30.1 Å². The van der Waals surface area contributed by atoms with E-state index in [0.717, 1.165) is 12.1 Å². The summed E-state index contributed by atoms with van der Waals surface area (Å²) in [6.45, 7) is 6.72. The molecule has 0 N–H and O–H groups in total. The Morgan fingerprint density at radius 1 is 1.21 bits per heavy atom. The van der Waals surface area contributed by atoms with Crippen LogP contribution < -0.4 is 0 Å². The summed E-state index contributed by atoms with van der Waals surface area (Å²) in [4.78, 5) is 16.4. The molecule has 0 aromatic heterocycles. The van der Waals surface area contributed by atoms with Crippen molar-refractivity contribution >= 4 is 15.9 Å². The zero-order valence-corrected chi connectivity index (χ0v) is 18.0. The van der Waals surface area contributed by atoms with Crippen LogP contribution in [0.15, 0.2) is 29.2 Å². The number of sulfonamides is 1. The molecule has 0 saturated carbocycles. The van der Waals surface area contributed by atoms with Crippen LogP contribution in [0.1, 0.15) is 26.7 Å². The molecule has 1 amide bonds. The lowest BCUT2D eigenvalue weighted by atomic mass is 10.0. The Kier molecular flexibility index (Phi) is 8.14. The lowest BCUT2D eigenvalue weighted by molar-refractivity contribution is -0.133. The van der Waals surface area contributed by atoms with Gasteiger partial charge >= 0.3 is 0 Å². The van der Waals surface area contributed by atoms with Gasteiger partial charge < -0.3 is 4.90 Å². The van der Waals surface area contributed by atoms with Crippen molar-refractivity contribution in [1.29, 1.82) is 5.26 Å². The summed E-state index contributed by atoms with van der Waals surface area (Å²) in [5, 5.41) is 9.31. The lowest BCUT2D eigenvalue weighted by Gasteiger charge is -2.38. The van der Waals surface area contributed by atoms with Crippen molar-refractivity contribution in [1.82, 2.24) is 14.1 Å². The van der Waals surface area contributed by atoms with Gasteiger partial charge in [0.15, 0.2) is 0 Å². The quantitative estimate of drug-likeness (QED) is 0.637. The number of halogens is 1. The highest BCUT2D eigenvalue weighted by Gasteiger charge is 2.28.